The van der Waals surface area contributed by atoms with Gasteiger partial charge in [0.25, 0.3) is 5.91 Å². The summed E-state index contributed by atoms with van der Waals surface area (Å²) in [6.45, 7) is 3.18. The van der Waals surface area contributed by atoms with Crippen molar-refractivity contribution in [3.05, 3.63) is 77.3 Å². The third-order valence-electron chi connectivity index (χ3n) is 7.03. The maximum atomic E-state index is 13.6. The highest BCUT2D eigenvalue weighted by Crippen LogP contribution is 2.29. The predicted molar refractivity (Wildman–Crippen MR) is 139 cm³/mol. The molecule has 2 aliphatic heterocycles. The van der Waals surface area contributed by atoms with Gasteiger partial charge < -0.3 is 14.4 Å². The molecule has 5 heterocycles. The first-order valence-electron chi connectivity index (χ1n) is 12.3. The minimum Gasteiger partial charge on any atom is -0.481 e. The lowest BCUT2D eigenvalue weighted by Crippen LogP contribution is -2.56. The Morgan fingerprint density at radius 1 is 1.11 bits per heavy atom. The average Bonchev–Trinajstić information content (AvgIpc) is 3.25. The van der Waals surface area contributed by atoms with E-state index >= 15 is 0 Å². The van der Waals surface area contributed by atoms with Gasteiger partial charge in [0.1, 0.15) is 5.69 Å². The molecule has 37 heavy (non-hydrogen) atoms. The number of morpholine rings is 1. The Kier molecular flexibility index (Phi) is 6.50. The lowest BCUT2D eigenvalue weighted by atomic mass is 10.1. The van der Waals surface area contributed by atoms with Crippen molar-refractivity contribution >= 4 is 23.3 Å². The number of pyridine rings is 1. The molecule has 2 atom stereocenters. The van der Waals surface area contributed by atoms with Crippen molar-refractivity contribution in [2.45, 2.75) is 25.0 Å². The summed E-state index contributed by atoms with van der Waals surface area (Å²) in [6, 6.07) is 14.8. The van der Waals surface area contributed by atoms with E-state index in [-0.39, 0.29) is 18.0 Å². The summed E-state index contributed by atoms with van der Waals surface area (Å²) >= 11 is 6.14. The first-order chi connectivity index (χ1) is 18.1. The van der Waals surface area contributed by atoms with Crippen molar-refractivity contribution in [1.29, 1.82) is 0 Å². The molecule has 0 radical (unpaired) electrons. The number of fused-ring (bicyclic) bond motifs is 3. The molecule has 6 rings (SSSR count). The molecular weight excluding hydrogens is 492 g/mol. The van der Waals surface area contributed by atoms with E-state index in [0.29, 0.717) is 48.7 Å². The molecule has 0 aliphatic carbocycles. The number of imidazole rings is 1. The summed E-state index contributed by atoms with van der Waals surface area (Å²) in [5.41, 5.74) is 3.31. The Bertz CT molecular complexity index is 1430. The van der Waals surface area contributed by atoms with Crippen molar-refractivity contribution in [3.63, 3.8) is 0 Å². The number of rotatable bonds is 5. The highest BCUT2D eigenvalue weighted by Gasteiger charge is 2.39. The molecule has 3 aromatic heterocycles. The predicted octanol–water partition coefficient (Wildman–Crippen LogP) is 3.57. The van der Waals surface area contributed by atoms with Crippen molar-refractivity contribution in [2.75, 3.05) is 33.4 Å². The number of halogens is 1. The van der Waals surface area contributed by atoms with E-state index in [4.69, 9.17) is 26.1 Å². The molecule has 10 heteroatoms. The summed E-state index contributed by atoms with van der Waals surface area (Å²) < 4.78 is 13.2. The number of nitrogens with zero attached hydrogens (tertiary/aromatic N) is 6. The Labute approximate surface area is 219 Å². The molecule has 2 saturated heterocycles. The van der Waals surface area contributed by atoms with Gasteiger partial charge in [0.2, 0.25) is 11.7 Å². The van der Waals surface area contributed by atoms with E-state index in [1.807, 2.05) is 45.8 Å². The molecule has 0 spiro atoms. The van der Waals surface area contributed by atoms with Crippen LogP contribution in [-0.4, -0.2) is 80.6 Å². The van der Waals surface area contributed by atoms with Crippen LogP contribution in [0.4, 0.5) is 0 Å². The van der Waals surface area contributed by atoms with Gasteiger partial charge in [-0.25, -0.2) is 15.0 Å². The van der Waals surface area contributed by atoms with Gasteiger partial charge in [-0.15, -0.1) is 0 Å². The zero-order valence-corrected chi connectivity index (χ0v) is 21.2. The summed E-state index contributed by atoms with van der Waals surface area (Å²) in [4.78, 5) is 31.7. The molecule has 0 N–H and O–H groups in total. The molecule has 9 nitrogen and oxygen atoms in total. The van der Waals surface area contributed by atoms with E-state index in [1.165, 1.54) is 0 Å². The van der Waals surface area contributed by atoms with Gasteiger partial charge >= 0.3 is 0 Å². The number of carbonyl (C=O) groups excluding carboxylic acids is 1. The second kappa shape index (κ2) is 10.1. The highest BCUT2D eigenvalue weighted by atomic mass is 35.5. The molecule has 2 aliphatic rings. The molecule has 0 saturated carbocycles. The fraction of sp³-hybridized carbons (Fsp3) is 0.333. The van der Waals surface area contributed by atoms with Gasteiger partial charge in [-0.05, 0) is 30.7 Å². The monoisotopic (exact) mass is 518 g/mol. The van der Waals surface area contributed by atoms with Crippen LogP contribution in [0, 0.1) is 0 Å². The zero-order valence-electron chi connectivity index (χ0n) is 20.5. The lowest BCUT2D eigenvalue weighted by Gasteiger charge is -2.40. The van der Waals surface area contributed by atoms with Crippen molar-refractivity contribution < 1.29 is 14.3 Å². The van der Waals surface area contributed by atoms with Crippen LogP contribution in [-0.2, 0) is 11.3 Å². The number of methoxy groups -OCH3 is 1. The molecule has 2 bridgehead atoms. The summed E-state index contributed by atoms with van der Waals surface area (Å²) in [5, 5.41) is 0.683. The molecule has 4 aromatic rings. The Morgan fingerprint density at radius 3 is 2.78 bits per heavy atom. The minimum atomic E-state index is -0.0851. The fourth-order valence-corrected chi connectivity index (χ4v) is 5.40. The van der Waals surface area contributed by atoms with Crippen LogP contribution in [0.3, 0.4) is 0 Å². The number of benzene rings is 1. The van der Waals surface area contributed by atoms with Gasteiger partial charge in [-0.1, -0.05) is 29.8 Å². The highest BCUT2D eigenvalue weighted by molar-refractivity contribution is 6.30. The van der Waals surface area contributed by atoms with Crippen LogP contribution in [0.25, 0.3) is 17.0 Å². The maximum absolute atomic E-state index is 13.6. The first-order valence-corrected chi connectivity index (χ1v) is 12.7. The van der Waals surface area contributed by atoms with Crippen LogP contribution in [0.2, 0.25) is 5.02 Å². The molecule has 1 amide bonds. The molecule has 190 valence electrons. The second-order valence-corrected chi connectivity index (χ2v) is 9.79. The van der Waals surface area contributed by atoms with Gasteiger partial charge in [0.15, 0.2) is 0 Å². The standard InChI is InChI=1S/C27H27ClN6O3/c1-36-24-5-2-4-22(30-24)26(35)34-20-10-13-32(14-21(34)17-37-16-20)15-23-25(18-6-8-19(28)9-7-18)31-27-29-11-3-12-33(23)27/h2-9,11-12,20-21H,10,13-17H2,1H3. The molecule has 2 unspecified atom stereocenters. The van der Waals surface area contributed by atoms with E-state index in [2.05, 4.69) is 14.9 Å². The Morgan fingerprint density at radius 2 is 1.95 bits per heavy atom. The Hall–Kier alpha value is -3.53. The van der Waals surface area contributed by atoms with Crippen LogP contribution in [0.15, 0.2) is 60.9 Å². The minimum absolute atomic E-state index is 0.0103. The number of hydrogen-bond acceptors (Lipinski definition) is 7. The second-order valence-electron chi connectivity index (χ2n) is 9.35. The average molecular weight is 519 g/mol. The molecule has 2 fully saturated rings. The van der Waals surface area contributed by atoms with Crippen molar-refractivity contribution in [1.82, 2.24) is 29.2 Å². The van der Waals surface area contributed by atoms with Crippen molar-refractivity contribution in [3.8, 4) is 17.1 Å². The number of carbonyl (C=O) groups is 1. The lowest BCUT2D eigenvalue weighted by molar-refractivity contribution is -0.0329. The number of hydrogen-bond donors (Lipinski definition) is 0. The Balaban J connectivity index is 1.30. The zero-order chi connectivity index (χ0) is 25.4. The van der Waals surface area contributed by atoms with Crippen LogP contribution >= 0.6 is 11.6 Å². The topological polar surface area (TPSA) is 85.1 Å². The van der Waals surface area contributed by atoms with Crippen LogP contribution in [0.1, 0.15) is 22.6 Å². The quantitative estimate of drug-likeness (QED) is 0.399. The summed E-state index contributed by atoms with van der Waals surface area (Å²) in [6.07, 6.45) is 4.55. The van der Waals surface area contributed by atoms with E-state index in [1.54, 1.807) is 31.5 Å². The third-order valence-corrected chi connectivity index (χ3v) is 7.29. The van der Waals surface area contributed by atoms with Crippen molar-refractivity contribution in [2.24, 2.45) is 0 Å². The maximum Gasteiger partial charge on any atom is 0.273 e. The summed E-state index contributed by atoms with van der Waals surface area (Å²) in [7, 11) is 1.55. The number of aromatic nitrogens is 4. The van der Waals surface area contributed by atoms with Gasteiger partial charge in [-0.2, -0.15) is 0 Å². The number of amides is 1. The smallest absolute Gasteiger partial charge is 0.273 e. The summed E-state index contributed by atoms with van der Waals surface area (Å²) in [5.74, 6) is 1.000. The normalized spacial score (nSPS) is 20.1. The van der Waals surface area contributed by atoms with Crippen LogP contribution in [0.5, 0.6) is 5.88 Å². The fourth-order valence-electron chi connectivity index (χ4n) is 5.27. The third kappa shape index (κ3) is 4.66. The van der Waals surface area contributed by atoms with E-state index < -0.39 is 0 Å². The van der Waals surface area contributed by atoms with Gasteiger partial charge in [0.05, 0.1) is 43.8 Å². The molecule has 1 aromatic carbocycles. The van der Waals surface area contributed by atoms with Crippen LogP contribution < -0.4 is 4.74 Å². The largest absolute Gasteiger partial charge is 0.481 e. The van der Waals surface area contributed by atoms with Gasteiger partial charge in [0, 0.05) is 48.7 Å². The number of ether oxygens (including phenoxy) is 2. The van der Waals surface area contributed by atoms with Gasteiger partial charge in [-0.3, -0.25) is 14.1 Å². The SMILES string of the molecule is COc1cccc(C(=O)N2C3CCN(Cc4c(-c5ccc(Cl)cc5)nc5ncccn45)CC2COC3)n1. The van der Waals surface area contributed by atoms with E-state index in [0.717, 1.165) is 29.9 Å². The first kappa shape index (κ1) is 23.8. The molecular formula is C27H27ClN6O3. The van der Waals surface area contributed by atoms with E-state index in [9.17, 15) is 4.79 Å².